The van der Waals surface area contributed by atoms with E-state index in [2.05, 4.69) is 53.8 Å². The van der Waals surface area contributed by atoms with Crippen LogP contribution in [0.5, 0.6) is 11.5 Å². The number of aryl methyl sites for hydroxylation is 1. The lowest BCUT2D eigenvalue weighted by Crippen LogP contribution is -2.04. The molecule has 0 saturated heterocycles. The molecule has 0 aliphatic heterocycles. The van der Waals surface area contributed by atoms with Crippen LogP contribution in [0.25, 0.3) is 22.4 Å². The Balaban J connectivity index is 1.96. The zero-order valence-corrected chi connectivity index (χ0v) is 17.3. The van der Waals surface area contributed by atoms with Gasteiger partial charge in [-0.1, -0.05) is 19.9 Å². The maximum Gasteiger partial charge on any atom is 0.175 e. The number of H-pyrrole nitrogens is 1. The molecule has 0 fully saturated rings. The number of imidazole rings is 1. The van der Waals surface area contributed by atoms with Gasteiger partial charge in [0.05, 0.1) is 28.7 Å². The fourth-order valence-corrected chi connectivity index (χ4v) is 3.32. The average Bonchev–Trinajstić information content (AvgIpc) is 3.00. The topological polar surface area (TPSA) is 47.1 Å². The van der Waals surface area contributed by atoms with E-state index in [1.807, 2.05) is 25.1 Å². The quantitative estimate of drug-likeness (QED) is 0.504. The minimum absolute atomic E-state index is 0.579. The number of hydrogen-bond acceptors (Lipinski definition) is 3. The summed E-state index contributed by atoms with van der Waals surface area (Å²) in [6, 6.07) is 10.2. The normalized spacial score (nSPS) is 11.3. The highest BCUT2D eigenvalue weighted by Crippen LogP contribution is 2.40. The van der Waals surface area contributed by atoms with Crippen molar-refractivity contribution in [2.45, 2.75) is 34.1 Å². The van der Waals surface area contributed by atoms with Gasteiger partial charge in [-0.25, -0.2) is 4.98 Å². The standard InChI is InChI=1S/C21H25BrN2O2/c1-5-25-19-12-15(11-16(22)20(19)26-9-8-13(2)3)21-23-17-7-6-14(4)10-18(17)24-21/h6-7,10-13H,5,8-9H2,1-4H3,(H,23,24). The summed E-state index contributed by atoms with van der Waals surface area (Å²) in [4.78, 5) is 8.11. The van der Waals surface area contributed by atoms with Crippen molar-refractivity contribution in [2.75, 3.05) is 13.2 Å². The maximum atomic E-state index is 5.99. The first-order valence-corrected chi connectivity index (χ1v) is 9.83. The molecule has 4 nitrogen and oxygen atoms in total. The third-order valence-corrected chi connectivity index (χ3v) is 4.75. The molecule has 1 heterocycles. The van der Waals surface area contributed by atoms with Gasteiger partial charge in [-0.3, -0.25) is 0 Å². The molecule has 0 saturated carbocycles. The molecule has 0 amide bonds. The Hall–Kier alpha value is -2.01. The highest BCUT2D eigenvalue weighted by atomic mass is 79.9. The third kappa shape index (κ3) is 4.21. The zero-order chi connectivity index (χ0) is 18.7. The van der Waals surface area contributed by atoms with Gasteiger partial charge in [-0.15, -0.1) is 0 Å². The predicted molar refractivity (Wildman–Crippen MR) is 110 cm³/mol. The summed E-state index contributed by atoms with van der Waals surface area (Å²) in [5.74, 6) is 2.91. The van der Waals surface area contributed by atoms with E-state index in [4.69, 9.17) is 14.5 Å². The fourth-order valence-electron chi connectivity index (χ4n) is 2.76. The predicted octanol–water partition coefficient (Wildman–Crippen LogP) is 6.12. The van der Waals surface area contributed by atoms with Gasteiger partial charge in [0.15, 0.2) is 11.5 Å². The summed E-state index contributed by atoms with van der Waals surface area (Å²) in [5.41, 5.74) is 4.16. The summed E-state index contributed by atoms with van der Waals surface area (Å²) in [6.45, 7) is 9.67. The highest BCUT2D eigenvalue weighted by Gasteiger charge is 2.15. The van der Waals surface area contributed by atoms with Crippen LogP contribution in [0.2, 0.25) is 0 Å². The summed E-state index contributed by atoms with van der Waals surface area (Å²) in [5, 5.41) is 0. The Morgan fingerprint density at radius 2 is 1.96 bits per heavy atom. The molecule has 0 radical (unpaired) electrons. The lowest BCUT2D eigenvalue weighted by molar-refractivity contribution is 0.260. The average molecular weight is 417 g/mol. The summed E-state index contributed by atoms with van der Waals surface area (Å²) in [6.07, 6.45) is 1.00. The van der Waals surface area contributed by atoms with Gasteiger partial charge in [0.2, 0.25) is 0 Å². The Morgan fingerprint density at radius 3 is 2.69 bits per heavy atom. The third-order valence-electron chi connectivity index (χ3n) is 4.16. The Kier molecular flexibility index (Phi) is 5.87. The van der Waals surface area contributed by atoms with Crippen LogP contribution in [-0.4, -0.2) is 23.2 Å². The number of ether oxygens (including phenoxy) is 2. The van der Waals surface area contributed by atoms with Crippen molar-refractivity contribution < 1.29 is 9.47 Å². The van der Waals surface area contributed by atoms with Gasteiger partial charge < -0.3 is 14.5 Å². The second kappa shape index (κ2) is 8.12. The van der Waals surface area contributed by atoms with Crippen molar-refractivity contribution in [2.24, 2.45) is 5.92 Å². The number of halogens is 1. The van der Waals surface area contributed by atoms with Crippen LogP contribution < -0.4 is 9.47 Å². The van der Waals surface area contributed by atoms with Gasteiger partial charge in [0, 0.05) is 5.56 Å². The molecule has 138 valence electrons. The van der Waals surface area contributed by atoms with E-state index in [9.17, 15) is 0 Å². The van der Waals surface area contributed by atoms with E-state index in [-0.39, 0.29) is 0 Å². The second-order valence-corrected chi connectivity index (χ2v) is 7.71. The van der Waals surface area contributed by atoms with Crippen LogP contribution in [-0.2, 0) is 0 Å². The first-order chi connectivity index (χ1) is 12.5. The lowest BCUT2D eigenvalue weighted by atomic mass is 10.1. The molecule has 0 atom stereocenters. The number of aromatic amines is 1. The number of fused-ring (bicyclic) bond motifs is 1. The molecule has 26 heavy (non-hydrogen) atoms. The first kappa shape index (κ1) is 18.8. The van der Waals surface area contributed by atoms with Crippen LogP contribution in [0, 0.1) is 12.8 Å². The SMILES string of the molecule is CCOc1cc(-c2nc3ccc(C)cc3[nH]2)cc(Br)c1OCCC(C)C. The Morgan fingerprint density at radius 1 is 1.15 bits per heavy atom. The molecule has 0 aliphatic carbocycles. The molecule has 3 rings (SSSR count). The molecule has 2 aromatic carbocycles. The van der Waals surface area contributed by atoms with Gasteiger partial charge in [-0.2, -0.15) is 0 Å². The minimum Gasteiger partial charge on any atom is -0.490 e. The van der Waals surface area contributed by atoms with Gasteiger partial charge in [0.25, 0.3) is 0 Å². The second-order valence-electron chi connectivity index (χ2n) is 6.86. The number of nitrogens with one attached hydrogen (secondary N) is 1. The van der Waals surface area contributed by atoms with E-state index >= 15 is 0 Å². The van der Waals surface area contributed by atoms with E-state index in [0.717, 1.165) is 44.8 Å². The van der Waals surface area contributed by atoms with Crippen molar-refractivity contribution in [3.63, 3.8) is 0 Å². The fraction of sp³-hybridized carbons (Fsp3) is 0.381. The number of hydrogen-bond donors (Lipinski definition) is 1. The first-order valence-electron chi connectivity index (χ1n) is 9.03. The highest BCUT2D eigenvalue weighted by molar-refractivity contribution is 9.10. The summed E-state index contributed by atoms with van der Waals surface area (Å²) in [7, 11) is 0. The van der Waals surface area contributed by atoms with Crippen molar-refractivity contribution in [1.29, 1.82) is 0 Å². The molecule has 0 bridgehead atoms. The summed E-state index contributed by atoms with van der Waals surface area (Å²) >= 11 is 3.64. The molecule has 0 aliphatic rings. The number of nitrogens with zero attached hydrogens (tertiary/aromatic N) is 1. The maximum absolute atomic E-state index is 5.99. The molecule has 1 N–H and O–H groups in total. The van der Waals surface area contributed by atoms with E-state index in [1.54, 1.807) is 0 Å². The van der Waals surface area contributed by atoms with Crippen LogP contribution in [0.4, 0.5) is 0 Å². The Labute approximate surface area is 163 Å². The summed E-state index contributed by atoms with van der Waals surface area (Å²) < 4.78 is 12.7. The molecule has 0 spiro atoms. The molecule has 0 unspecified atom stereocenters. The van der Waals surface area contributed by atoms with Crippen molar-refractivity contribution in [1.82, 2.24) is 9.97 Å². The monoisotopic (exact) mass is 416 g/mol. The van der Waals surface area contributed by atoms with Crippen molar-refractivity contribution >= 4 is 27.0 Å². The van der Waals surface area contributed by atoms with Gasteiger partial charge >= 0.3 is 0 Å². The van der Waals surface area contributed by atoms with Gasteiger partial charge in [-0.05, 0) is 71.9 Å². The van der Waals surface area contributed by atoms with Crippen molar-refractivity contribution in [3.8, 4) is 22.9 Å². The van der Waals surface area contributed by atoms with Crippen LogP contribution in [0.1, 0.15) is 32.8 Å². The molecule has 3 aromatic rings. The van der Waals surface area contributed by atoms with Gasteiger partial charge in [0.1, 0.15) is 5.82 Å². The van der Waals surface area contributed by atoms with Crippen molar-refractivity contribution in [3.05, 3.63) is 40.4 Å². The molecule has 1 aromatic heterocycles. The van der Waals surface area contributed by atoms with E-state index in [0.29, 0.717) is 19.1 Å². The smallest absolute Gasteiger partial charge is 0.175 e. The van der Waals surface area contributed by atoms with Crippen LogP contribution >= 0.6 is 15.9 Å². The largest absolute Gasteiger partial charge is 0.490 e. The zero-order valence-electron chi connectivity index (χ0n) is 15.7. The van der Waals surface area contributed by atoms with E-state index < -0.39 is 0 Å². The minimum atomic E-state index is 0.579. The number of rotatable bonds is 7. The Bertz CT molecular complexity index is 902. The van der Waals surface area contributed by atoms with Crippen LogP contribution in [0.15, 0.2) is 34.8 Å². The van der Waals surface area contributed by atoms with Crippen LogP contribution in [0.3, 0.4) is 0 Å². The lowest BCUT2D eigenvalue weighted by Gasteiger charge is -2.15. The molecule has 5 heteroatoms. The number of benzene rings is 2. The van der Waals surface area contributed by atoms with E-state index in [1.165, 1.54) is 5.56 Å². The number of aromatic nitrogens is 2. The molecular weight excluding hydrogens is 392 g/mol. The molecular formula is C21H25BrN2O2.